The summed E-state index contributed by atoms with van der Waals surface area (Å²) in [4.78, 5) is 12.5. The smallest absolute Gasteiger partial charge is 0.194 e. The second kappa shape index (κ2) is 4.99. The van der Waals surface area contributed by atoms with Gasteiger partial charge in [0.25, 0.3) is 0 Å². The van der Waals surface area contributed by atoms with Gasteiger partial charge in [0.15, 0.2) is 5.78 Å². The third-order valence-electron chi connectivity index (χ3n) is 3.13. The number of fused-ring (bicyclic) bond motifs is 1. The molecule has 0 bridgehead atoms. The largest absolute Gasteiger partial charge is 0.493 e. The molecule has 2 nitrogen and oxygen atoms in total. The summed E-state index contributed by atoms with van der Waals surface area (Å²) in [5.41, 5.74) is 2.38. The molecule has 0 radical (unpaired) electrons. The van der Waals surface area contributed by atoms with E-state index in [0.29, 0.717) is 27.2 Å². The summed E-state index contributed by atoms with van der Waals surface area (Å²) in [6, 6.07) is 10.7. The Morgan fingerprint density at radius 1 is 1.21 bits per heavy atom. The van der Waals surface area contributed by atoms with Gasteiger partial charge in [-0.15, -0.1) is 0 Å². The molecule has 4 heteroatoms. The van der Waals surface area contributed by atoms with Crippen LogP contribution in [0.15, 0.2) is 40.9 Å². The lowest BCUT2D eigenvalue weighted by Crippen LogP contribution is -2.02. The highest BCUT2D eigenvalue weighted by molar-refractivity contribution is 9.10. The Morgan fingerprint density at radius 3 is 2.84 bits per heavy atom. The first-order valence-corrected chi connectivity index (χ1v) is 7.08. The second-order valence-electron chi connectivity index (χ2n) is 4.37. The van der Waals surface area contributed by atoms with Crippen molar-refractivity contribution in [2.24, 2.45) is 0 Å². The molecule has 1 heterocycles. The summed E-state index contributed by atoms with van der Waals surface area (Å²) in [5.74, 6) is 0.866. The van der Waals surface area contributed by atoms with Crippen LogP contribution in [0.4, 0.5) is 0 Å². The lowest BCUT2D eigenvalue weighted by atomic mass is 10.0. The Bertz CT molecular complexity index is 667. The van der Waals surface area contributed by atoms with Gasteiger partial charge in [0.05, 0.1) is 6.61 Å². The lowest BCUT2D eigenvalue weighted by Gasteiger charge is -2.06. The fraction of sp³-hybridized carbons (Fsp3) is 0.133. The van der Waals surface area contributed by atoms with E-state index in [1.54, 1.807) is 24.3 Å². The lowest BCUT2D eigenvalue weighted by molar-refractivity contribution is 0.103. The topological polar surface area (TPSA) is 26.3 Å². The SMILES string of the molecule is O=C(c1ccc2c(c1)CCO2)c1ccc(Cl)cc1Br. The van der Waals surface area contributed by atoms with Gasteiger partial charge in [0.2, 0.25) is 0 Å². The van der Waals surface area contributed by atoms with E-state index >= 15 is 0 Å². The van der Waals surface area contributed by atoms with E-state index in [-0.39, 0.29) is 5.78 Å². The van der Waals surface area contributed by atoms with Gasteiger partial charge in [0.1, 0.15) is 5.75 Å². The predicted octanol–water partition coefficient (Wildman–Crippen LogP) is 4.27. The summed E-state index contributed by atoms with van der Waals surface area (Å²) in [7, 11) is 0. The van der Waals surface area contributed by atoms with E-state index in [1.165, 1.54) is 0 Å². The highest BCUT2D eigenvalue weighted by atomic mass is 79.9. The maximum atomic E-state index is 12.5. The fourth-order valence-electron chi connectivity index (χ4n) is 2.16. The molecule has 1 aliphatic heterocycles. The number of carbonyl (C=O) groups is 1. The summed E-state index contributed by atoms with van der Waals surface area (Å²) >= 11 is 9.26. The van der Waals surface area contributed by atoms with Crippen molar-refractivity contribution in [1.29, 1.82) is 0 Å². The summed E-state index contributed by atoms with van der Waals surface area (Å²) < 4.78 is 6.15. The molecule has 19 heavy (non-hydrogen) atoms. The predicted molar refractivity (Wildman–Crippen MR) is 78.2 cm³/mol. The van der Waals surface area contributed by atoms with Gasteiger partial charge in [-0.1, -0.05) is 11.6 Å². The number of carbonyl (C=O) groups excluding carboxylic acids is 1. The van der Waals surface area contributed by atoms with Crippen molar-refractivity contribution in [3.8, 4) is 5.75 Å². The zero-order chi connectivity index (χ0) is 13.4. The van der Waals surface area contributed by atoms with Gasteiger partial charge in [-0.3, -0.25) is 4.79 Å². The average molecular weight is 338 g/mol. The number of benzene rings is 2. The van der Waals surface area contributed by atoms with Crippen molar-refractivity contribution in [2.75, 3.05) is 6.61 Å². The van der Waals surface area contributed by atoms with Crippen LogP contribution in [0.3, 0.4) is 0 Å². The van der Waals surface area contributed by atoms with Crippen molar-refractivity contribution in [2.45, 2.75) is 6.42 Å². The van der Waals surface area contributed by atoms with Crippen LogP contribution in [0, 0.1) is 0 Å². The zero-order valence-corrected chi connectivity index (χ0v) is 12.3. The van der Waals surface area contributed by atoms with Crippen LogP contribution in [0.2, 0.25) is 5.02 Å². The number of hydrogen-bond acceptors (Lipinski definition) is 2. The Labute approximate surface area is 124 Å². The van der Waals surface area contributed by atoms with Crippen LogP contribution in [-0.2, 0) is 6.42 Å². The molecule has 2 aromatic rings. The van der Waals surface area contributed by atoms with E-state index < -0.39 is 0 Å². The highest BCUT2D eigenvalue weighted by Crippen LogP contribution is 2.29. The number of rotatable bonds is 2. The second-order valence-corrected chi connectivity index (χ2v) is 5.67. The Kier molecular flexibility index (Phi) is 3.33. The first-order valence-electron chi connectivity index (χ1n) is 5.90. The molecule has 1 aliphatic rings. The standard InChI is InChI=1S/C15H10BrClO2/c16-13-8-11(17)2-3-12(13)15(18)10-1-4-14-9(7-10)5-6-19-14/h1-4,7-8H,5-6H2. The average Bonchev–Trinajstić information content (AvgIpc) is 2.85. The molecule has 0 fully saturated rings. The third-order valence-corrected chi connectivity index (χ3v) is 4.02. The maximum absolute atomic E-state index is 12.5. The number of ketones is 1. The molecule has 0 saturated heterocycles. The van der Waals surface area contributed by atoms with Crippen LogP contribution in [0.5, 0.6) is 5.75 Å². The van der Waals surface area contributed by atoms with Crippen molar-refractivity contribution in [1.82, 2.24) is 0 Å². The monoisotopic (exact) mass is 336 g/mol. The molecule has 0 spiro atoms. The van der Waals surface area contributed by atoms with E-state index in [4.69, 9.17) is 16.3 Å². The van der Waals surface area contributed by atoms with E-state index in [0.717, 1.165) is 17.7 Å². The molecular weight excluding hydrogens is 328 g/mol. The minimum Gasteiger partial charge on any atom is -0.493 e. The van der Waals surface area contributed by atoms with Crippen LogP contribution in [-0.4, -0.2) is 12.4 Å². The first-order chi connectivity index (χ1) is 9.15. The van der Waals surface area contributed by atoms with Crippen LogP contribution < -0.4 is 4.74 Å². The maximum Gasteiger partial charge on any atom is 0.194 e. The quantitative estimate of drug-likeness (QED) is 0.765. The van der Waals surface area contributed by atoms with Crippen molar-refractivity contribution >= 4 is 33.3 Å². The van der Waals surface area contributed by atoms with E-state index in [1.807, 2.05) is 12.1 Å². The summed E-state index contributed by atoms with van der Waals surface area (Å²) in [6.07, 6.45) is 0.859. The summed E-state index contributed by atoms with van der Waals surface area (Å²) in [6.45, 7) is 0.692. The molecule has 0 aliphatic carbocycles. The van der Waals surface area contributed by atoms with Crippen molar-refractivity contribution in [3.05, 3.63) is 62.6 Å². The van der Waals surface area contributed by atoms with E-state index in [9.17, 15) is 4.79 Å². The van der Waals surface area contributed by atoms with Gasteiger partial charge < -0.3 is 4.74 Å². The molecule has 0 atom stereocenters. The van der Waals surface area contributed by atoms with Gasteiger partial charge in [0, 0.05) is 27.0 Å². The van der Waals surface area contributed by atoms with Gasteiger partial charge in [-0.25, -0.2) is 0 Å². The highest BCUT2D eigenvalue weighted by Gasteiger charge is 2.17. The molecule has 0 saturated carbocycles. The van der Waals surface area contributed by atoms with Crippen LogP contribution in [0.1, 0.15) is 21.5 Å². The fourth-order valence-corrected chi connectivity index (χ4v) is 3.02. The van der Waals surface area contributed by atoms with Gasteiger partial charge in [-0.2, -0.15) is 0 Å². The minimum atomic E-state index is -0.0155. The molecule has 0 amide bonds. The molecule has 3 rings (SSSR count). The molecule has 96 valence electrons. The molecule has 0 unspecified atom stereocenters. The molecule has 0 N–H and O–H groups in total. The molecular formula is C15H10BrClO2. The first kappa shape index (κ1) is 12.7. The zero-order valence-electron chi connectivity index (χ0n) is 9.95. The van der Waals surface area contributed by atoms with Gasteiger partial charge in [-0.05, 0) is 57.9 Å². The Hall–Kier alpha value is -1.32. The van der Waals surface area contributed by atoms with E-state index in [2.05, 4.69) is 15.9 Å². The summed E-state index contributed by atoms with van der Waals surface area (Å²) in [5, 5.41) is 0.603. The number of ether oxygens (including phenoxy) is 1. The number of hydrogen-bond donors (Lipinski definition) is 0. The molecule has 2 aromatic carbocycles. The Morgan fingerprint density at radius 2 is 2.05 bits per heavy atom. The third kappa shape index (κ3) is 2.40. The van der Waals surface area contributed by atoms with Crippen LogP contribution in [0.25, 0.3) is 0 Å². The minimum absolute atomic E-state index is 0.0155. The van der Waals surface area contributed by atoms with Crippen molar-refractivity contribution in [3.63, 3.8) is 0 Å². The normalized spacial score (nSPS) is 12.9. The Balaban J connectivity index is 2.00. The van der Waals surface area contributed by atoms with Crippen LogP contribution >= 0.6 is 27.5 Å². The number of halogens is 2. The molecule has 0 aromatic heterocycles. The van der Waals surface area contributed by atoms with Gasteiger partial charge >= 0.3 is 0 Å². The van der Waals surface area contributed by atoms with Crippen molar-refractivity contribution < 1.29 is 9.53 Å².